The number of allylic oxidation sites excluding steroid dienone is 2. The first-order valence-electron chi connectivity index (χ1n) is 7.49. The van der Waals surface area contributed by atoms with Gasteiger partial charge in [0.15, 0.2) is 0 Å². The van der Waals surface area contributed by atoms with Crippen LogP contribution >= 0.6 is 24.0 Å². The zero-order chi connectivity index (χ0) is 14.2. The lowest BCUT2D eigenvalue weighted by Crippen LogP contribution is -2.09. The van der Waals surface area contributed by atoms with Crippen LogP contribution in [0.15, 0.2) is 48.7 Å². The van der Waals surface area contributed by atoms with Crippen LogP contribution < -0.4 is 0 Å². The zero-order valence-corrected chi connectivity index (χ0v) is 13.8. The summed E-state index contributed by atoms with van der Waals surface area (Å²) >= 11 is 6.15. The molecule has 0 saturated carbocycles. The van der Waals surface area contributed by atoms with Crippen LogP contribution in [0, 0.1) is 0 Å². The van der Waals surface area contributed by atoms with Crippen molar-refractivity contribution in [3.63, 3.8) is 0 Å². The zero-order valence-electron chi connectivity index (χ0n) is 12.2. The summed E-state index contributed by atoms with van der Waals surface area (Å²) in [5.41, 5.74) is 3.46. The Hall–Kier alpha value is -1.51. The van der Waals surface area contributed by atoms with Gasteiger partial charge in [-0.15, -0.1) is 24.0 Å². The number of benzene rings is 1. The molecule has 1 aliphatic carbocycles. The third kappa shape index (κ3) is 2.31. The van der Waals surface area contributed by atoms with Crippen LogP contribution in [0.1, 0.15) is 31.0 Å². The highest BCUT2D eigenvalue weighted by Crippen LogP contribution is 2.36. The molecule has 0 aliphatic heterocycles. The summed E-state index contributed by atoms with van der Waals surface area (Å²) < 4.78 is 2.44. The highest BCUT2D eigenvalue weighted by Gasteiger charge is 2.19. The standard InChI is InChI=1S/C18H17ClN2.ClH/c19-12-16-18-15(10-11-20-16)14-8-4-5-9-17(14)21(18)13-6-2-1-3-7-13;/h2,4-6,8-11,13H,1,3,7,12H2;1H. The van der Waals surface area contributed by atoms with Crippen molar-refractivity contribution in [3.8, 4) is 0 Å². The van der Waals surface area contributed by atoms with E-state index in [1.807, 2.05) is 6.20 Å². The first kappa shape index (κ1) is 15.4. The number of alkyl halides is 1. The number of rotatable bonds is 2. The summed E-state index contributed by atoms with van der Waals surface area (Å²) in [7, 11) is 0. The van der Waals surface area contributed by atoms with Crippen LogP contribution in [0.2, 0.25) is 0 Å². The molecule has 1 aliphatic rings. The lowest BCUT2D eigenvalue weighted by Gasteiger charge is -2.21. The van der Waals surface area contributed by atoms with Crippen molar-refractivity contribution in [2.24, 2.45) is 0 Å². The Morgan fingerprint density at radius 1 is 1.18 bits per heavy atom. The third-order valence-corrected chi connectivity index (χ3v) is 4.63. The summed E-state index contributed by atoms with van der Waals surface area (Å²) in [5, 5.41) is 2.55. The molecule has 0 saturated heterocycles. The van der Waals surface area contributed by atoms with Crippen LogP contribution in [-0.4, -0.2) is 9.55 Å². The Labute approximate surface area is 141 Å². The van der Waals surface area contributed by atoms with E-state index in [0.717, 1.165) is 5.69 Å². The second-order valence-corrected chi connectivity index (χ2v) is 5.87. The predicted molar refractivity (Wildman–Crippen MR) is 96.1 cm³/mol. The topological polar surface area (TPSA) is 17.8 Å². The van der Waals surface area contributed by atoms with E-state index in [1.54, 1.807) is 0 Å². The number of hydrogen-bond donors (Lipinski definition) is 0. The number of pyridine rings is 1. The first-order chi connectivity index (χ1) is 10.4. The summed E-state index contributed by atoms with van der Waals surface area (Å²) in [4.78, 5) is 4.50. The van der Waals surface area contributed by atoms with Crippen LogP contribution in [0.25, 0.3) is 21.8 Å². The van der Waals surface area contributed by atoms with Gasteiger partial charge in [0, 0.05) is 22.5 Å². The van der Waals surface area contributed by atoms with E-state index in [9.17, 15) is 0 Å². The molecule has 2 heterocycles. The summed E-state index contributed by atoms with van der Waals surface area (Å²) in [5.74, 6) is 0.449. The summed E-state index contributed by atoms with van der Waals surface area (Å²) in [6.07, 6.45) is 10.1. The molecule has 0 radical (unpaired) electrons. The van der Waals surface area contributed by atoms with Gasteiger partial charge in [-0.05, 0) is 31.4 Å². The largest absolute Gasteiger partial charge is 0.332 e. The summed E-state index contributed by atoms with van der Waals surface area (Å²) in [6, 6.07) is 11.1. The molecule has 0 spiro atoms. The quantitative estimate of drug-likeness (QED) is 0.439. The van der Waals surface area contributed by atoms with Crippen molar-refractivity contribution in [3.05, 3.63) is 54.4 Å². The van der Waals surface area contributed by atoms with Crippen molar-refractivity contribution in [1.82, 2.24) is 9.55 Å². The lowest BCUT2D eigenvalue weighted by atomic mass is 10.0. The maximum atomic E-state index is 6.15. The van der Waals surface area contributed by atoms with E-state index in [0.29, 0.717) is 11.9 Å². The van der Waals surface area contributed by atoms with E-state index in [2.05, 4.69) is 52.0 Å². The first-order valence-corrected chi connectivity index (χ1v) is 8.03. The minimum absolute atomic E-state index is 0. The Bertz CT molecular complexity index is 836. The smallest absolute Gasteiger partial charge is 0.0794 e. The van der Waals surface area contributed by atoms with Crippen LogP contribution in [0.5, 0.6) is 0 Å². The van der Waals surface area contributed by atoms with Gasteiger partial charge in [0.05, 0.1) is 23.1 Å². The molecule has 0 amide bonds. The molecular weight excluding hydrogens is 315 g/mol. The molecule has 4 rings (SSSR count). The van der Waals surface area contributed by atoms with E-state index >= 15 is 0 Å². The average molecular weight is 333 g/mol. The predicted octanol–water partition coefficient (Wildman–Crippen LogP) is 5.63. The number of nitrogens with zero attached hydrogens (tertiary/aromatic N) is 2. The van der Waals surface area contributed by atoms with Crippen molar-refractivity contribution < 1.29 is 0 Å². The van der Waals surface area contributed by atoms with Crippen LogP contribution in [-0.2, 0) is 5.88 Å². The number of aromatic nitrogens is 2. The van der Waals surface area contributed by atoms with Crippen molar-refractivity contribution in [1.29, 1.82) is 0 Å². The molecule has 3 aromatic rings. The maximum Gasteiger partial charge on any atom is 0.0794 e. The van der Waals surface area contributed by atoms with Crippen LogP contribution in [0.4, 0.5) is 0 Å². The Kier molecular flexibility index (Phi) is 4.42. The van der Waals surface area contributed by atoms with Gasteiger partial charge < -0.3 is 4.57 Å². The van der Waals surface area contributed by atoms with Gasteiger partial charge in [0.25, 0.3) is 0 Å². The molecule has 0 bridgehead atoms. The van der Waals surface area contributed by atoms with E-state index in [4.69, 9.17) is 11.6 Å². The van der Waals surface area contributed by atoms with Crippen molar-refractivity contribution in [2.45, 2.75) is 31.2 Å². The Morgan fingerprint density at radius 2 is 2.05 bits per heavy atom. The fraction of sp³-hybridized carbons (Fsp3) is 0.278. The maximum absolute atomic E-state index is 6.15. The Balaban J connectivity index is 0.00000144. The molecule has 2 nitrogen and oxygen atoms in total. The lowest BCUT2D eigenvalue weighted by molar-refractivity contribution is 0.541. The van der Waals surface area contributed by atoms with Gasteiger partial charge in [-0.2, -0.15) is 0 Å². The van der Waals surface area contributed by atoms with Gasteiger partial charge >= 0.3 is 0 Å². The average Bonchev–Trinajstić information content (AvgIpc) is 2.90. The van der Waals surface area contributed by atoms with Crippen LogP contribution in [0.3, 0.4) is 0 Å². The second-order valence-electron chi connectivity index (χ2n) is 5.60. The van der Waals surface area contributed by atoms with Gasteiger partial charge in [0.2, 0.25) is 0 Å². The summed E-state index contributed by atoms with van der Waals surface area (Å²) in [6.45, 7) is 0. The van der Waals surface area contributed by atoms with Gasteiger partial charge in [-0.25, -0.2) is 0 Å². The molecule has 1 unspecified atom stereocenters. The Morgan fingerprint density at radius 3 is 2.82 bits per heavy atom. The van der Waals surface area contributed by atoms with Crippen molar-refractivity contribution >= 4 is 45.8 Å². The molecule has 22 heavy (non-hydrogen) atoms. The molecule has 0 N–H and O–H groups in total. The normalized spacial score (nSPS) is 17.8. The fourth-order valence-corrected chi connectivity index (χ4v) is 3.66. The molecule has 2 aromatic heterocycles. The molecule has 1 aromatic carbocycles. The second kappa shape index (κ2) is 6.31. The minimum Gasteiger partial charge on any atom is -0.332 e. The monoisotopic (exact) mass is 332 g/mol. The highest BCUT2D eigenvalue weighted by molar-refractivity contribution is 6.18. The van der Waals surface area contributed by atoms with E-state index < -0.39 is 0 Å². The van der Waals surface area contributed by atoms with E-state index in [-0.39, 0.29) is 12.4 Å². The molecule has 4 heteroatoms. The molecular formula is C18H18Cl2N2. The fourth-order valence-electron chi connectivity index (χ4n) is 3.47. The molecule has 1 atom stereocenters. The molecule has 0 fully saturated rings. The number of para-hydroxylation sites is 1. The number of fused-ring (bicyclic) bond motifs is 3. The highest BCUT2D eigenvalue weighted by atomic mass is 35.5. The molecule has 114 valence electrons. The van der Waals surface area contributed by atoms with Gasteiger partial charge in [-0.1, -0.05) is 30.4 Å². The van der Waals surface area contributed by atoms with Gasteiger partial charge in [0.1, 0.15) is 0 Å². The minimum atomic E-state index is 0. The van der Waals surface area contributed by atoms with Crippen molar-refractivity contribution in [2.75, 3.05) is 0 Å². The van der Waals surface area contributed by atoms with Gasteiger partial charge in [-0.3, -0.25) is 4.98 Å². The van der Waals surface area contributed by atoms with E-state index in [1.165, 1.54) is 41.1 Å². The third-order valence-electron chi connectivity index (χ3n) is 4.38. The number of halogens is 2. The number of hydrogen-bond acceptors (Lipinski definition) is 1. The SMILES string of the molecule is Cl.ClCc1nccc2c3ccccc3n(C3C=CCCC3)c12.